The van der Waals surface area contributed by atoms with Crippen molar-refractivity contribution in [1.29, 1.82) is 0 Å². The van der Waals surface area contributed by atoms with Gasteiger partial charge in [0, 0.05) is 19.6 Å². The van der Waals surface area contributed by atoms with Gasteiger partial charge >= 0.3 is 0 Å². The summed E-state index contributed by atoms with van der Waals surface area (Å²) in [7, 11) is 0. The summed E-state index contributed by atoms with van der Waals surface area (Å²) in [6, 6.07) is 8.92. The van der Waals surface area contributed by atoms with Crippen molar-refractivity contribution in [2.45, 2.75) is 26.3 Å². The maximum atomic E-state index is 5.68. The molecule has 0 unspecified atom stereocenters. The molecule has 1 aromatic carbocycles. The highest BCUT2D eigenvalue weighted by Crippen LogP contribution is 2.15. The molecule has 0 atom stereocenters. The fourth-order valence-electron chi connectivity index (χ4n) is 2.69. The van der Waals surface area contributed by atoms with Crippen molar-refractivity contribution in [3.8, 4) is 0 Å². The molecule has 1 aliphatic heterocycles. The van der Waals surface area contributed by atoms with Crippen LogP contribution in [-0.4, -0.2) is 70.8 Å². The summed E-state index contributed by atoms with van der Waals surface area (Å²) in [5.74, 6) is 0.569. The number of hydrogen-bond acceptors (Lipinski definition) is 5. The molecule has 1 aromatic rings. The molecule has 25 heavy (non-hydrogen) atoms. The standard InChI is InChI=1S/C20H33NO4/c1-18(2)20-5-3-19(4-6-20)17-21-7-9-22-11-13-24-15-16-25-14-12-23-10-8-21/h3-6,18H,7-17H2,1-2H3. The van der Waals surface area contributed by atoms with Gasteiger partial charge in [-0.3, -0.25) is 4.90 Å². The largest absolute Gasteiger partial charge is 0.378 e. The fraction of sp³-hybridized carbons (Fsp3) is 0.700. The molecule has 0 spiro atoms. The van der Waals surface area contributed by atoms with Gasteiger partial charge in [-0.15, -0.1) is 0 Å². The Kier molecular flexibility index (Phi) is 10.1. The lowest BCUT2D eigenvalue weighted by Gasteiger charge is -2.22. The topological polar surface area (TPSA) is 40.2 Å². The summed E-state index contributed by atoms with van der Waals surface area (Å²) < 4.78 is 22.3. The Balaban J connectivity index is 1.83. The minimum Gasteiger partial charge on any atom is -0.378 e. The molecule has 5 heteroatoms. The van der Waals surface area contributed by atoms with Crippen LogP contribution in [0.4, 0.5) is 0 Å². The quantitative estimate of drug-likeness (QED) is 0.837. The van der Waals surface area contributed by atoms with Gasteiger partial charge < -0.3 is 18.9 Å². The maximum absolute atomic E-state index is 5.68. The highest BCUT2D eigenvalue weighted by Gasteiger charge is 2.08. The summed E-state index contributed by atoms with van der Waals surface area (Å²) in [5.41, 5.74) is 2.71. The van der Waals surface area contributed by atoms with Gasteiger partial charge in [-0.2, -0.15) is 0 Å². The number of ether oxygens (including phenoxy) is 4. The highest BCUT2D eigenvalue weighted by atomic mass is 16.6. The molecule has 1 fully saturated rings. The molecule has 0 radical (unpaired) electrons. The molecule has 1 saturated heterocycles. The van der Waals surface area contributed by atoms with Gasteiger partial charge in [-0.1, -0.05) is 38.1 Å². The first kappa shape index (κ1) is 20.3. The average Bonchev–Trinajstić information content (AvgIpc) is 2.62. The molecule has 0 bridgehead atoms. The van der Waals surface area contributed by atoms with E-state index in [2.05, 4.69) is 43.0 Å². The van der Waals surface area contributed by atoms with E-state index in [-0.39, 0.29) is 0 Å². The third-order valence-electron chi connectivity index (χ3n) is 4.27. The van der Waals surface area contributed by atoms with Crippen molar-refractivity contribution in [3.63, 3.8) is 0 Å². The van der Waals surface area contributed by atoms with Crippen molar-refractivity contribution < 1.29 is 18.9 Å². The lowest BCUT2D eigenvalue weighted by atomic mass is 10.0. The maximum Gasteiger partial charge on any atom is 0.0701 e. The summed E-state index contributed by atoms with van der Waals surface area (Å²) in [5, 5.41) is 0. The molecule has 0 amide bonds. The Labute approximate surface area is 152 Å². The van der Waals surface area contributed by atoms with Gasteiger partial charge in [-0.05, 0) is 17.0 Å². The van der Waals surface area contributed by atoms with Gasteiger partial charge in [-0.25, -0.2) is 0 Å². The third-order valence-corrected chi connectivity index (χ3v) is 4.27. The normalized spacial score (nSPS) is 20.1. The molecule has 0 aromatic heterocycles. The predicted octanol–water partition coefficient (Wildman–Crippen LogP) is 2.69. The minimum atomic E-state index is 0.569. The van der Waals surface area contributed by atoms with Crippen LogP contribution in [0.5, 0.6) is 0 Å². The average molecular weight is 351 g/mol. The van der Waals surface area contributed by atoms with Crippen molar-refractivity contribution in [2.75, 3.05) is 65.9 Å². The van der Waals surface area contributed by atoms with Crippen molar-refractivity contribution >= 4 is 0 Å². The molecule has 0 aliphatic carbocycles. The first-order valence-corrected chi connectivity index (χ1v) is 9.38. The van der Waals surface area contributed by atoms with Crippen LogP contribution >= 0.6 is 0 Å². The van der Waals surface area contributed by atoms with E-state index in [1.165, 1.54) is 11.1 Å². The molecule has 2 rings (SSSR count). The second-order valence-electron chi connectivity index (χ2n) is 6.62. The van der Waals surface area contributed by atoms with E-state index in [4.69, 9.17) is 18.9 Å². The number of rotatable bonds is 3. The lowest BCUT2D eigenvalue weighted by Crippen LogP contribution is -2.31. The molecule has 1 aliphatic rings. The van der Waals surface area contributed by atoms with Crippen molar-refractivity contribution in [3.05, 3.63) is 35.4 Å². The van der Waals surface area contributed by atoms with Crippen molar-refractivity contribution in [2.24, 2.45) is 0 Å². The van der Waals surface area contributed by atoms with Crippen LogP contribution in [0, 0.1) is 0 Å². The summed E-state index contributed by atoms with van der Waals surface area (Å²) >= 11 is 0. The smallest absolute Gasteiger partial charge is 0.0701 e. The van der Waals surface area contributed by atoms with Gasteiger partial charge in [0.2, 0.25) is 0 Å². The first-order valence-electron chi connectivity index (χ1n) is 9.38. The van der Waals surface area contributed by atoms with Crippen LogP contribution in [0.25, 0.3) is 0 Å². The van der Waals surface area contributed by atoms with E-state index in [0.29, 0.717) is 58.8 Å². The molecular formula is C20H33NO4. The Morgan fingerprint density at radius 3 is 1.60 bits per heavy atom. The van der Waals surface area contributed by atoms with Crippen LogP contribution in [0.3, 0.4) is 0 Å². The predicted molar refractivity (Wildman–Crippen MR) is 99.1 cm³/mol. The second kappa shape index (κ2) is 12.4. The van der Waals surface area contributed by atoms with E-state index >= 15 is 0 Å². The zero-order valence-corrected chi connectivity index (χ0v) is 15.7. The zero-order valence-electron chi connectivity index (χ0n) is 15.7. The number of hydrogen-bond donors (Lipinski definition) is 0. The minimum absolute atomic E-state index is 0.569. The molecule has 0 saturated carbocycles. The Morgan fingerprint density at radius 2 is 1.16 bits per heavy atom. The van der Waals surface area contributed by atoms with Crippen molar-refractivity contribution in [1.82, 2.24) is 4.90 Å². The van der Waals surface area contributed by atoms with Crippen LogP contribution < -0.4 is 0 Å². The summed E-state index contributed by atoms with van der Waals surface area (Å²) in [6.45, 7) is 12.3. The van der Waals surface area contributed by atoms with E-state index in [1.807, 2.05) is 0 Å². The van der Waals surface area contributed by atoms with Crippen LogP contribution in [0.2, 0.25) is 0 Å². The molecule has 0 N–H and O–H groups in total. The third kappa shape index (κ3) is 8.79. The number of benzene rings is 1. The molecule has 5 nitrogen and oxygen atoms in total. The zero-order chi connectivity index (χ0) is 17.7. The lowest BCUT2D eigenvalue weighted by molar-refractivity contribution is 0.00206. The molecular weight excluding hydrogens is 318 g/mol. The Bertz CT molecular complexity index is 434. The van der Waals surface area contributed by atoms with Crippen LogP contribution in [-0.2, 0) is 25.5 Å². The molecule has 142 valence electrons. The van der Waals surface area contributed by atoms with Gasteiger partial charge in [0.15, 0.2) is 0 Å². The van der Waals surface area contributed by atoms with E-state index in [1.54, 1.807) is 0 Å². The molecule has 1 heterocycles. The second-order valence-corrected chi connectivity index (χ2v) is 6.62. The first-order chi connectivity index (χ1) is 12.3. The van der Waals surface area contributed by atoms with Gasteiger partial charge in [0.05, 0.1) is 52.9 Å². The number of nitrogens with zero attached hydrogens (tertiary/aromatic N) is 1. The highest BCUT2D eigenvalue weighted by molar-refractivity contribution is 5.24. The fourth-order valence-corrected chi connectivity index (χ4v) is 2.69. The monoisotopic (exact) mass is 351 g/mol. The SMILES string of the molecule is CC(C)c1ccc(CN2CCOCCOCCOCCOCC2)cc1. The van der Waals surface area contributed by atoms with Gasteiger partial charge in [0.25, 0.3) is 0 Å². The van der Waals surface area contributed by atoms with Gasteiger partial charge in [0.1, 0.15) is 0 Å². The summed E-state index contributed by atoms with van der Waals surface area (Å²) in [4.78, 5) is 2.38. The Morgan fingerprint density at radius 1 is 0.720 bits per heavy atom. The summed E-state index contributed by atoms with van der Waals surface area (Å²) in [6.07, 6.45) is 0. The van der Waals surface area contributed by atoms with E-state index in [9.17, 15) is 0 Å². The van der Waals surface area contributed by atoms with E-state index < -0.39 is 0 Å². The van der Waals surface area contributed by atoms with Crippen LogP contribution in [0.15, 0.2) is 24.3 Å². The van der Waals surface area contributed by atoms with E-state index in [0.717, 1.165) is 19.6 Å². The Hall–Kier alpha value is -0.980. The van der Waals surface area contributed by atoms with Crippen LogP contribution in [0.1, 0.15) is 30.9 Å².